The molecule has 4 fully saturated rings. The average Bonchev–Trinajstić information content (AvgIpc) is 3.30. The second kappa shape index (κ2) is 12.0. The van der Waals surface area contributed by atoms with Gasteiger partial charge in [0.1, 0.15) is 0 Å². The molecule has 7 nitrogen and oxygen atoms in total. The van der Waals surface area contributed by atoms with Crippen LogP contribution in [-0.4, -0.2) is 47.4 Å². The molecule has 0 bridgehead atoms. The van der Waals surface area contributed by atoms with Crippen molar-refractivity contribution in [1.29, 1.82) is 0 Å². The fourth-order valence-electron chi connectivity index (χ4n) is 9.88. The molecule has 5 rings (SSSR count). The SMILES string of the molecule is C[C@H](CCC(=O)NCCNC(=O)Nc1ccccc1)[C@H]1CC[C@H]2[C@@H]3CC[C@@H]4C[C@H](O)CC[C@]4(C)[C@H]3C[C@H](O)[C@]12C. The van der Waals surface area contributed by atoms with Crippen LogP contribution >= 0.6 is 0 Å². The molecule has 4 saturated carbocycles. The van der Waals surface area contributed by atoms with E-state index in [9.17, 15) is 19.8 Å². The van der Waals surface area contributed by atoms with Crippen LogP contribution in [0.5, 0.6) is 0 Å². The van der Waals surface area contributed by atoms with Crippen molar-refractivity contribution in [3.8, 4) is 0 Å². The third kappa shape index (κ3) is 5.65. The van der Waals surface area contributed by atoms with Crippen molar-refractivity contribution in [3.63, 3.8) is 0 Å². The van der Waals surface area contributed by atoms with Gasteiger partial charge in [-0.3, -0.25) is 4.79 Å². The number of rotatable bonds is 8. The summed E-state index contributed by atoms with van der Waals surface area (Å²) in [5.41, 5.74) is 0.906. The van der Waals surface area contributed by atoms with Crippen LogP contribution in [0.25, 0.3) is 0 Å². The number of carbonyl (C=O) groups is 2. The summed E-state index contributed by atoms with van der Waals surface area (Å²) in [5, 5.41) is 30.6. The Hall–Kier alpha value is -2.12. The number of urea groups is 1. The maximum Gasteiger partial charge on any atom is 0.319 e. The lowest BCUT2D eigenvalue weighted by Gasteiger charge is -2.62. The molecule has 0 unspecified atom stereocenters. The van der Waals surface area contributed by atoms with E-state index < -0.39 is 0 Å². The van der Waals surface area contributed by atoms with Crippen molar-refractivity contribution in [2.45, 2.75) is 97.2 Å². The average molecular weight is 554 g/mol. The summed E-state index contributed by atoms with van der Waals surface area (Å²) in [6, 6.07) is 9.00. The van der Waals surface area contributed by atoms with Crippen molar-refractivity contribution >= 4 is 17.6 Å². The van der Waals surface area contributed by atoms with E-state index in [0.29, 0.717) is 55.0 Å². The summed E-state index contributed by atoms with van der Waals surface area (Å²) < 4.78 is 0. The fourth-order valence-corrected chi connectivity index (χ4v) is 9.88. The molecule has 40 heavy (non-hydrogen) atoms. The number of aliphatic hydroxyl groups excluding tert-OH is 2. The second-order valence-corrected chi connectivity index (χ2v) is 14.0. The fraction of sp³-hybridized carbons (Fsp3) is 0.758. The molecule has 5 N–H and O–H groups in total. The number of anilines is 1. The summed E-state index contributed by atoms with van der Waals surface area (Å²) in [6.07, 6.45) is 9.50. The molecule has 10 atom stereocenters. The Morgan fingerprint density at radius 1 is 0.950 bits per heavy atom. The van der Waals surface area contributed by atoms with Gasteiger partial charge in [-0.2, -0.15) is 0 Å². The first kappa shape index (κ1) is 29.4. The Balaban J connectivity index is 1.09. The van der Waals surface area contributed by atoms with E-state index >= 15 is 0 Å². The van der Waals surface area contributed by atoms with Crippen LogP contribution < -0.4 is 16.0 Å². The topological polar surface area (TPSA) is 111 Å². The molecular weight excluding hydrogens is 502 g/mol. The summed E-state index contributed by atoms with van der Waals surface area (Å²) in [7, 11) is 0. The van der Waals surface area contributed by atoms with Gasteiger partial charge in [-0.15, -0.1) is 0 Å². The highest BCUT2D eigenvalue weighted by Gasteiger charge is 2.63. The lowest BCUT2D eigenvalue weighted by molar-refractivity contribution is -0.174. The Kier molecular flexibility index (Phi) is 8.82. The maximum atomic E-state index is 12.6. The van der Waals surface area contributed by atoms with Gasteiger partial charge in [-0.25, -0.2) is 4.79 Å². The summed E-state index contributed by atoms with van der Waals surface area (Å²) in [4.78, 5) is 24.6. The molecule has 222 valence electrons. The molecular formula is C33H51N3O4. The first-order chi connectivity index (χ1) is 19.1. The van der Waals surface area contributed by atoms with Crippen LogP contribution in [0.1, 0.15) is 85.0 Å². The van der Waals surface area contributed by atoms with E-state index in [4.69, 9.17) is 0 Å². The van der Waals surface area contributed by atoms with Crippen molar-refractivity contribution in [3.05, 3.63) is 30.3 Å². The highest BCUT2D eigenvalue weighted by molar-refractivity contribution is 5.89. The van der Waals surface area contributed by atoms with Gasteiger partial charge in [0.25, 0.3) is 0 Å². The minimum absolute atomic E-state index is 0.0202. The Morgan fingerprint density at radius 2 is 1.70 bits per heavy atom. The number of hydrogen-bond donors (Lipinski definition) is 5. The highest BCUT2D eigenvalue weighted by atomic mass is 16.3. The minimum Gasteiger partial charge on any atom is -0.393 e. The van der Waals surface area contributed by atoms with Crippen molar-refractivity contribution in [2.75, 3.05) is 18.4 Å². The first-order valence-corrected chi connectivity index (χ1v) is 15.9. The van der Waals surface area contributed by atoms with Crippen LogP contribution in [0.2, 0.25) is 0 Å². The van der Waals surface area contributed by atoms with E-state index in [1.165, 1.54) is 19.3 Å². The number of nitrogens with one attached hydrogen (secondary N) is 3. The lowest BCUT2D eigenvalue weighted by atomic mass is 9.43. The Bertz CT molecular complexity index is 1040. The molecule has 7 heteroatoms. The molecule has 4 aliphatic rings. The van der Waals surface area contributed by atoms with Crippen LogP contribution in [0.15, 0.2) is 30.3 Å². The molecule has 0 radical (unpaired) electrons. The molecule has 4 aliphatic carbocycles. The summed E-state index contributed by atoms with van der Waals surface area (Å²) in [5.74, 6) is 3.22. The van der Waals surface area contributed by atoms with Crippen molar-refractivity contribution in [2.24, 2.45) is 46.3 Å². The minimum atomic E-state index is -0.293. The lowest BCUT2D eigenvalue weighted by Crippen LogP contribution is -2.58. The molecule has 1 aromatic rings. The van der Waals surface area contributed by atoms with Gasteiger partial charge >= 0.3 is 6.03 Å². The monoisotopic (exact) mass is 553 g/mol. The van der Waals surface area contributed by atoms with Crippen molar-refractivity contribution in [1.82, 2.24) is 10.6 Å². The first-order valence-electron chi connectivity index (χ1n) is 15.9. The van der Waals surface area contributed by atoms with Gasteiger partial charge in [-0.05, 0) is 116 Å². The number of hydrogen-bond acceptors (Lipinski definition) is 4. The highest BCUT2D eigenvalue weighted by Crippen LogP contribution is 2.68. The standard InChI is InChI=1S/C33H51N3O4/c1-21(9-14-30(39)34-17-18-35-31(40)36-23-7-5-4-6-8-23)26-12-13-27-25-11-10-22-19-24(37)15-16-32(22,2)28(25)20-29(38)33(26,27)3/h4-8,21-22,24-29,37-38H,9-20H2,1-3H3,(H,34,39)(H2,35,36,40)/t21-,22-,24-,25+,26-,27+,28+,29+,32+,33-/m1/s1. The maximum absolute atomic E-state index is 12.6. The van der Waals surface area contributed by atoms with Gasteiger partial charge in [0, 0.05) is 25.2 Å². The van der Waals surface area contributed by atoms with E-state index in [1.54, 1.807) is 0 Å². The molecule has 0 saturated heterocycles. The number of para-hydroxylation sites is 1. The number of aliphatic hydroxyl groups is 2. The molecule has 0 spiro atoms. The predicted molar refractivity (Wildman–Crippen MR) is 157 cm³/mol. The summed E-state index contributed by atoms with van der Waals surface area (Å²) in [6.45, 7) is 7.88. The Labute approximate surface area is 240 Å². The van der Waals surface area contributed by atoms with Crippen molar-refractivity contribution < 1.29 is 19.8 Å². The van der Waals surface area contributed by atoms with Crippen LogP contribution in [0.3, 0.4) is 0 Å². The van der Waals surface area contributed by atoms with E-state index in [1.807, 2.05) is 30.3 Å². The smallest absolute Gasteiger partial charge is 0.319 e. The molecule has 0 aromatic heterocycles. The molecule has 0 heterocycles. The second-order valence-electron chi connectivity index (χ2n) is 14.0. The normalized spacial score (nSPS) is 39.3. The van der Waals surface area contributed by atoms with Crippen LogP contribution in [0, 0.1) is 46.3 Å². The molecule has 3 amide bonds. The largest absolute Gasteiger partial charge is 0.393 e. The van der Waals surface area contributed by atoms with E-state index in [-0.39, 0.29) is 35.0 Å². The number of fused-ring (bicyclic) bond motifs is 5. The van der Waals surface area contributed by atoms with Crippen LogP contribution in [0.4, 0.5) is 10.5 Å². The van der Waals surface area contributed by atoms with E-state index in [2.05, 4.69) is 36.7 Å². The molecule has 0 aliphatic heterocycles. The quantitative estimate of drug-likeness (QED) is 0.280. The number of amides is 3. The predicted octanol–water partition coefficient (Wildman–Crippen LogP) is 5.33. The third-order valence-corrected chi connectivity index (χ3v) is 12.1. The zero-order valence-corrected chi connectivity index (χ0v) is 24.7. The van der Waals surface area contributed by atoms with Gasteiger partial charge in [0.05, 0.1) is 12.2 Å². The van der Waals surface area contributed by atoms with Gasteiger partial charge in [0.15, 0.2) is 0 Å². The van der Waals surface area contributed by atoms with Gasteiger partial charge in [-0.1, -0.05) is 39.0 Å². The van der Waals surface area contributed by atoms with Gasteiger partial charge < -0.3 is 26.2 Å². The summed E-state index contributed by atoms with van der Waals surface area (Å²) >= 11 is 0. The number of benzene rings is 1. The zero-order valence-electron chi connectivity index (χ0n) is 24.7. The zero-order chi connectivity index (χ0) is 28.5. The number of carbonyl (C=O) groups excluding carboxylic acids is 2. The molecule has 1 aromatic carbocycles. The van der Waals surface area contributed by atoms with Crippen LogP contribution in [-0.2, 0) is 4.79 Å². The van der Waals surface area contributed by atoms with E-state index in [0.717, 1.165) is 44.2 Å². The Morgan fingerprint density at radius 3 is 2.48 bits per heavy atom. The third-order valence-electron chi connectivity index (χ3n) is 12.1. The van der Waals surface area contributed by atoms with Gasteiger partial charge in [0.2, 0.25) is 5.91 Å².